The maximum absolute atomic E-state index is 10.0. The van der Waals surface area contributed by atoms with Crippen LogP contribution >= 0.6 is 0 Å². The van der Waals surface area contributed by atoms with Crippen LogP contribution in [0.25, 0.3) is 0 Å². The summed E-state index contributed by atoms with van der Waals surface area (Å²) in [7, 11) is 4.36. The molecule has 0 aromatic heterocycles. The maximum Gasteiger partial charge on any atom is 0.120 e. The van der Waals surface area contributed by atoms with E-state index in [4.69, 9.17) is 0 Å². The van der Waals surface area contributed by atoms with E-state index in [-0.39, 0.29) is 11.6 Å². The van der Waals surface area contributed by atoms with E-state index < -0.39 is 0 Å². The number of phenols is 1. The van der Waals surface area contributed by atoms with Crippen LogP contribution in [0.5, 0.6) is 5.75 Å². The number of nitrogens with zero attached hydrogens (tertiary/aromatic N) is 1. The highest BCUT2D eigenvalue weighted by molar-refractivity contribution is 5.37. The molecular formula is C17H28N2O. The van der Waals surface area contributed by atoms with Crippen LogP contribution in [0.2, 0.25) is 0 Å². The zero-order valence-electron chi connectivity index (χ0n) is 13.2. The minimum absolute atomic E-state index is 0.173. The van der Waals surface area contributed by atoms with E-state index in [1.54, 1.807) is 6.07 Å². The Balaban J connectivity index is 2.04. The molecule has 2 rings (SSSR count). The van der Waals surface area contributed by atoms with Gasteiger partial charge in [-0.25, -0.2) is 0 Å². The highest BCUT2D eigenvalue weighted by atomic mass is 16.3. The lowest BCUT2D eigenvalue weighted by molar-refractivity contribution is 0.150. The minimum Gasteiger partial charge on any atom is -0.508 e. The molecule has 0 amide bonds. The van der Waals surface area contributed by atoms with Gasteiger partial charge in [-0.1, -0.05) is 30.5 Å². The number of benzene rings is 1. The number of rotatable bonds is 5. The molecule has 1 aromatic carbocycles. The molecule has 1 aliphatic carbocycles. The summed E-state index contributed by atoms with van der Waals surface area (Å²) in [5.41, 5.74) is 2.47. The van der Waals surface area contributed by atoms with Gasteiger partial charge in [-0.15, -0.1) is 0 Å². The summed E-state index contributed by atoms with van der Waals surface area (Å²) >= 11 is 0. The van der Waals surface area contributed by atoms with Crippen LogP contribution in [-0.2, 0) is 0 Å². The van der Waals surface area contributed by atoms with Crippen molar-refractivity contribution in [2.45, 2.75) is 51.1 Å². The standard InChI is InChI=1S/C17H28N2O/c1-13-7-8-16(20)15(11-13)14(2)18-12-17(19(3)4)9-5-6-10-17/h7-8,11,14,18,20H,5-6,9-10,12H2,1-4H3. The molecule has 1 aliphatic rings. The Kier molecular flexibility index (Phi) is 4.71. The van der Waals surface area contributed by atoms with E-state index >= 15 is 0 Å². The van der Waals surface area contributed by atoms with E-state index in [2.05, 4.69) is 44.2 Å². The molecule has 0 bridgehead atoms. The van der Waals surface area contributed by atoms with Gasteiger partial charge in [-0.05, 0) is 46.9 Å². The largest absolute Gasteiger partial charge is 0.508 e. The van der Waals surface area contributed by atoms with Crippen LogP contribution < -0.4 is 5.32 Å². The van der Waals surface area contributed by atoms with Crippen LogP contribution in [0.1, 0.15) is 49.8 Å². The molecule has 3 nitrogen and oxygen atoms in total. The first-order chi connectivity index (χ1) is 9.44. The van der Waals surface area contributed by atoms with E-state index in [0.29, 0.717) is 5.75 Å². The number of aryl methyl sites for hydroxylation is 1. The van der Waals surface area contributed by atoms with Crippen molar-refractivity contribution in [2.75, 3.05) is 20.6 Å². The molecule has 1 unspecified atom stereocenters. The van der Waals surface area contributed by atoms with Gasteiger partial charge in [0.05, 0.1) is 0 Å². The normalized spacial score (nSPS) is 19.4. The van der Waals surface area contributed by atoms with Crippen LogP contribution in [0.3, 0.4) is 0 Å². The first-order valence-electron chi connectivity index (χ1n) is 7.65. The number of likely N-dealkylation sites (N-methyl/N-ethyl adjacent to an activating group) is 1. The zero-order valence-corrected chi connectivity index (χ0v) is 13.2. The lowest BCUT2D eigenvalue weighted by Gasteiger charge is -2.37. The predicted octanol–water partition coefficient (Wildman–Crippen LogP) is 3.23. The summed E-state index contributed by atoms with van der Waals surface area (Å²) in [5.74, 6) is 0.390. The third-order valence-corrected chi connectivity index (χ3v) is 4.87. The van der Waals surface area contributed by atoms with E-state index in [1.165, 1.54) is 31.2 Å². The number of nitrogens with one attached hydrogen (secondary N) is 1. The van der Waals surface area contributed by atoms with Crippen LogP contribution in [0.15, 0.2) is 18.2 Å². The molecule has 0 radical (unpaired) electrons. The van der Waals surface area contributed by atoms with Crippen molar-refractivity contribution in [3.05, 3.63) is 29.3 Å². The van der Waals surface area contributed by atoms with Crippen LogP contribution in [-0.4, -0.2) is 36.2 Å². The van der Waals surface area contributed by atoms with Gasteiger partial charge < -0.3 is 15.3 Å². The van der Waals surface area contributed by atoms with Gasteiger partial charge in [0.15, 0.2) is 0 Å². The average Bonchev–Trinajstić information content (AvgIpc) is 2.89. The smallest absolute Gasteiger partial charge is 0.120 e. The van der Waals surface area contributed by atoms with Gasteiger partial charge in [0.1, 0.15) is 5.75 Å². The monoisotopic (exact) mass is 276 g/mol. The minimum atomic E-state index is 0.173. The lowest BCUT2D eigenvalue weighted by Crippen LogP contribution is -2.50. The Hall–Kier alpha value is -1.06. The zero-order chi connectivity index (χ0) is 14.8. The van der Waals surface area contributed by atoms with Crippen LogP contribution in [0, 0.1) is 6.92 Å². The number of hydrogen-bond donors (Lipinski definition) is 2. The Morgan fingerprint density at radius 2 is 1.95 bits per heavy atom. The van der Waals surface area contributed by atoms with Gasteiger partial charge in [-0.2, -0.15) is 0 Å². The average molecular weight is 276 g/mol. The molecule has 1 fully saturated rings. The van der Waals surface area contributed by atoms with Gasteiger partial charge in [0.25, 0.3) is 0 Å². The SMILES string of the molecule is Cc1ccc(O)c(C(C)NCC2(N(C)C)CCCC2)c1. The summed E-state index contributed by atoms with van der Waals surface area (Å²) < 4.78 is 0. The van der Waals surface area contributed by atoms with Crippen molar-refractivity contribution in [1.82, 2.24) is 10.2 Å². The Morgan fingerprint density at radius 1 is 1.30 bits per heavy atom. The summed E-state index contributed by atoms with van der Waals surface area (Å²) in [6, 6.07) is 5.99. The van der Waals surface area contributed by atoms with Crippen molar-refractivity contribution in [3.8, 4) is 5.75 Å². The second-order valence-electron chi connectivity index (χ2n) is 6.49. The molecule has 20 heavy (non-hydrogen) atoms. The molecule has 1 saturated carbocycles. The molecule has 0 aliphatic heterocycles. The van der Waals surface area contributed by atoms with Gasteiger partial charge in [-0.3, -0.25) is 0 Å². The van der Waals surface area contributed by atoms with E-state index in [0.717, 1.165) is 12.1 Å². The molecule has 2 N–H and O–H groups in total. The maximum atomic E-state index is 10.0. The van der Waals surface area contributed by atoms with Crippen LogP contribution in [0.4, 0.5) is 0 Å². The Labute approximate surface area is 123 Å². The molecule has 0 saturated heterocycles. The van der Waals surface area contributed by atoms with Crippen molar-refractivity contribution < 1.29 is 5.11 Å². The fraction of sp³-hybridized carbons (Fsp3) is 0.647. The fourth-order valence-corrected chi connectivity index (χ4v) is 3.29. The van der Waals surface area contributed by atoms with E-state index in [9.17, 15) is 5.11 Å². The first-order valence-corrected chi connectivity index (χ1v) is 7.65. The Morgan fingerprint density at radius 3 is 2.55 bits per heavy atom. The topological polar surface area (TPSA) is 35.5 Å². The van der Waals surface area contributed by atoms with Crippen molar-refractivity contribution in [3.63, 3.8) is 0 Å². The number of phenolic OH excluding ortho intramolecular Hbond substituents is 1. The third kappa shape index (κ3) is 3.15. The Bertz CT molecular complexity index is 450. The van der Waals surface area contributed by atoms with Gasteiger partial charge in [0, 0.05) is 23.7 Å². The molecule has 112 valence electrons. The fourth-order valence-electron chi connectivity index (χ4n) is 3.29. The summed E-state index contributed by atoms with van der Waals surface area (Å²) in [6.07, 6.45) is 5.17. The quantitative estimate of drug-likeness (QED) is 0.866. The summed E-state index contributed by atoms with van der Waals surface area (Å²) in [4.78, 5) is 2.37. The van der Waals surface area contributed by atoms with E-state index in [1.807, 2.05) is 6.07 Å². The summed E-state index contributed by atoms with van der Waals surface area (Å²) in [6.45, 7) is 5.18. The lowest BCUT2D eigenvalue weighted by atomic mass is 9.95. The molecule has 0 heterocycles. The second kappa shape index (κ2) is 6.15. The second-order valence-corrected chi connectivity index (χ2v) is 6.49. The van der Waals surface area contributed by atoms with Gasteiger partial charge in [0.2, 0.25) is 0 Å². The van der Waals surface area contributed by atoms with Crippen molar-refractivity contribution in [1.29, 1.82) is 0 Å². The van der Waals surface area contributed by atoms with Crippen molar-refractivity contribution >= 4 is 0 Å². The highest BCUT2D eigenvalue weighted by Crippen LogP contribution is 2.34. The third-order valence-electron chi connectivity index (χ3n) is 4.87. The molecule has 3 heteroatoms. The molecule has 1 aromatic rings. The first kappa shape index (κ1) is 15.3. The number of aromatic hydroxyl groups is 1. The molecule has 1 atom stereocenters. The molecular weight excluding hydrogens is 248 g/mol. The molecule has 0 spiro atoms. The summed E-state index contributed by atoms with van der Waals surface area (Å²) in [5, 5.41) is 13.6. The van der Waals surface area contributed by atoms with Gasteiger partial charge >= 0.3 is 0 Å². The highest BCUT2D eigenvalue weighted by Gasteiger charge is 2.35. The van der Waals surface area contributed by atoms with Crippen molar-refractivity contribution in [2.24, 2.45) is 0 Å². The number of hydrogen-bond acceptors (Lipinski definition) is 3. The predicted molar refractivity (Wildman–Crippen MR) is 84.1 cm³/mol.